The average molecular weight is 258 g/mol. The Hall–Kier alpha value is -1.86. The van der Waals surface area contributed by atoms with Gasteiger partial charge in [0.2, 0.25) is 0 Å². The van der Waals surface area contributed by atoms with Crippen LogP contribution in [0.4, 0.5) is 0 Å². The number of amides is 1. The lowest BCUT2D eigenvalue weighted by Crippen LogP contribution is -2.39. The predicted molar refractivity (Wildman–Crippen MR) is 72.5 cm³/mol. The lowest BCUT2D eigenvalue weighted by atomic mass is 9.97. The van der Waals surface area contributed by atoms with Crippen LogP contribution in [0.3, 0.4) is 0 Å². The molecule has 0 aliphatic carbocycles. The molecule has 4 nitrogen and oxygen atoms in total. The quantitative estimate of drug-likeness (QED) is 0.608. The van der Waals surface area contributed by atoms with Crippen molar-refractivity contribution in [3.05, 3.63) is 30.1 Å². The first kappa shape index (κ1) is 13.6. The van der Waals surface area contributed by atoms with E-state index in [2.05, 4.69) is 10.9 Å². The number of rotatable bonds is 4. The summed E-state index contributed by atoms with van der Waals surface area (Å²) >= 11 is 0. The molecular weight excluding hydrogens is 240 g/mol. The van der Waals surface area contributed by atoms with E-state index in [4.69, 9.17) is 11.2 Å². The van der Waals surface area contributed by atoms with Gasteiger partial charge in [0, 0.05) is 19.3 Å². The fourth-order valence-electron chi connectivity index (χ4n) is 2.24. The highest BCUT2D eigenvalue weighted by atomic mass is 16.5. The van der Waals surface area contributed by atoms with Gasteiger partial charge in [-0.2, -0.15) is 0 Å². The Morgan fingerprint density at radius 3 is 2.89 bits per heavy atom. The van der Waals surface area contributed by atoms with Crippen molar-refractivity contribution in [2.24, 2.45) is 5.92 Å². The van der Waals surface area contributed by atoms with Crippen LogP contribution in [0, 0.1) is 18.3 Å². The molecule has 1 fully saturated rings. The SMILES string of the molecule is C#CCOCC1CCN(C(=O)c2ccccn2)CC1. The van der Waals surface area contributed by atoms with Gasteiger partial charge in [-0.1, -0.05) is 12.0 Å². The number of ether oxygens (including phenoxy) is 1. The van der Waals surface area contributed by atoms with Crippen molar-refractivity contribution < 1.29 is 9.53 Å². The fourth-order valence-corrected chi connectivity index (χ4v) is 2.24. The van der Waals surface area contributed by atoms with Crippen LogP contribution in [0.15, 0.2) is 24.4 Å². The second-order valence-electron chi connectivity index (χ2n) is 4.67. The second kappa shape index (κ2) is 6.91. The number of hydrogen-bond acceptors (Lipinski definition) is 3. The third-order valence-electron chi connectivity index (χ3n) is 3.32. The molecule has 0 unspecified atom stereocenters. The van der Waals surface area contributed by atoms with E-state index in [1.807, 2.05) is 17.0 Å². The highest BCUT2D eigenvalue weighted by Gasteiger charge is 2.24. The van der Waals surface area contributed by atoms with E-state index < -0.39 is 0 Å². The first-order valence-corrected chi connectivity index (χ1v) is 6.52. The first-order valence-electron chi connectivity index (χ1n) is 6.52. The van der Waals surface area contributed by atoms with Crippen LogP contribution in [-0.4, -0.2) is 42.1 Å². The van der Waals surface area contributed by atoms with E-state index in [1.165, 1.54) is 0 Å². The van der Waals surface area contributed by atoms with Gasteiger partial charge < -0.3 is 9.64 Å². The highest BCUT2D eigenvalue weighted by molar-refractivity contribution is 5.92. The molecule has 0 bridgehead atoms. The molecule has 0 radical (unpaired) electrons. The number of carbonyl (C=O) groups is 1. The summed E-state index contributed by atoms with van der Waals surface area (Å²) in [6.07, 6.45) is 8.70. The Morgan fingerprint density at radius 2 is 2.26 bits per heavy atom. The Bertz CT molecular complexity index is 445. The van der Waals surface area contributed by atoms with Gasteiger partial charge in [0.25, 0.3) is 5.91 Å². The van der Waals surface area contributed by atoms with Gasteiger partial charge in [-0.15, -0.1) is 6.42 Å². The maximum absolute atomic E-state index is 12.2. The number of piperidine rings is 1. The van der Waals surface area contributed by atoms with E-state index in [-0.39, 0.29) is 5.91 Å². The monoisotopic (exact) mass is 258 g/mol. The Labute approximate surface area is 113 Å². The van der Waals surface area contributed by atoms with Crippen LogP contribution < -0.4 is 0 Å². The molecule has 0 aromatic carbocycles. The summed E-state index contributed by atoms with van der Waals surface area (Å²) in [7, 11) is 0. The molecular formula is C15H18N2O2. The second-order valence-corrected chi connectivity index (χ2v) is 4.67. The van der Waals surface area contributed by atoms with Gasteiger partial charge in [0.1, 0.15) is 12.3 Å². The van der Waals surface area contributed by atoms with E-state index in [1.54, 1.807) is 12.3 Å². The number of terminal acetylenes is 1. The van der Waals surface area contributed by atoms with Crippen molar-refractivity contribution in [1.82, 2.24) is 9.88 Å². The van der Waals surface area contributed by atoms with Crippen LogP contribution >= 0.6 is 0 Å². The minimum atomic E-state index is 0.0172. The van der Waals surface area contributed by atoms with Gasteiger partial charge in [0.05, 0.1) is 6.61 Å². The number of aromatic nitrogens is 1. The summed E-state index contributed by atoms with van der Waals surface area (Å²) in [5.74, 6) is 2.98. The van der Waals surface area contributed by atoms with Crippen molar-refractivity contribution >= 4 is 5.91 Å². The standard InChI is InChI=1S/C15H18N2O2/c1-2-11-19-12-13-6-9-17(10-7-13)15(18)14-5-3-4-8-16-14/h1,3-5,8,13H,6-7,9-12H2. The maximum Gasteiger partial charge on any atom is 0.272 e. The lowest BCUT2D eigenvalue weighted by molar-refractivity contribution is 0.0577. The van der Waals surface area contributed by atoms with Crippen molar-refractivity contribution in [3.63, 3.8) is 0 Å². The van der Waals surface area contributed by atoms with Crippen LogP contribution in [-0.2, 0) is 4.74 Å². The van der Waals surface area contributed by atoms with Crippen molar-refractivity contribution in [2.75, 3.05) is 26.3 Å². The zero-order valence-corrected chi connectivity index (χ0v) is 10.9. The third kappa shape index (κ3) is 3.80. The molecule has 100 valence electrons. The molecule has 1 aromatic heterocycles. The molecule has 4 heteroatoms. The summed E-state index contributed by atoms with van der Waals surface area (Å²) in [5, 5.41) is 0. The van der Waals surface area contributed by atoms with Crippen LogP contribution in [0.5, 0.6) is 0 Å². The number of nitrogens with zero attached hydrogens (tertiary/aromatic N) is 2. The minimum absolute atomic E-state index is 0.0172. The lowest BCUT2D eigenvalue weighted by Gasteiger charge is -2.31. The molecule has 1 saturated heterocycles. The minimum Gasteiger partial charge on any atom is -0.369 e. The first-order chi connectivity index (χ1) is 9.31. The largest absolute Gasteiger partial charge is 0.369 e. The van der Waals surface area contributed by atoms with Gasteiger partial charge in [0.15, 0.2) is 0 Å². The van der Waals surface area contributed by atoms with Gasteiger partial charge >= 0.3 is 0 Å². The summed E-state index contributed by atoms with van der Waals surface area (Å²) < 4.78 is 5.35. The molecule has 2 heterocycles. The number of pyridine rings is 1. The normalized spacial score (nSPS) is 16.1. The highest BCUT2D eigenvalue weighted by Crippen LogP contribution is 2.18. The van der Waals surface area contributed by atoms with Crippen LogP contribution in [0.25, 0.3) is 0 Å². The van der Waals surface area contributed by atoms with E-state index in [9.17, 15) is 4.79 Å². The Kier molecular flexibility index (Phi) is 4.93. The van der Waals surface area contributed by atoms with E-state index >= 15 is 0 Å². The molecule has 19 heavy (non-hydrogen) atoms. The number of hydrogen-bond donors (Lipinski definition) is 0. The van der Waals surface area contributed by atoms with Gasteiger partial charge in [-0.3, -0.25) is 9.78 Å². The Balaban J connectivity index is 1.80. The smallest absolute Gasteiger partial charge is 0.272 e. The van der Waals surface area contributed by atoms with Gasteiger partial charge in [-0.25, -0.2) is 0 Å². The number of likely N-dealkylation sites (tertiary alicyclic amines) is 1. The molecule has 2 rings (SSSR count). The van der Waals surface area contributed by atoms with Crippen LogP contribution in [0.2, 0.25) is 0 Å². The average Bonchev–Trinajstić information content (AvgIpc) is 2.48. The third-order valence-corrected chi connectivity index (χ3v) is 3.32. The van der Waals surface area contributed by atoms with Crippen molar-refractivity contribution in [3.8, 4) is 12.3 Å². The Morgan fingerprint density at radius 1 is 1.47 bits per heavy atom. The molecule has 0 atom stereocenters. The maximum atomic E-state index is 12.2. The van der Waals surface area contributed by atoms with Crippen molar-refractivity contribution in [2.45, 2.75) is 12.8 Å². The zero-order valence-electron chi connectivity index (χ0n) is 10.9. The fraction of sp³-hybridized carbons (Fsp3) is 0.467. The molecule has 0 spiro atoms. The van der Waals surface area contributed by atoms with E-state index in [0.717, 1.165) is 25.9 Å². The van der Waals surface area contributed by atoms with Crippen LogP contribution in [0.1, 0.15) is 23.3 Å². The van der Waals surface area contributed by atoms with Gasteiger partial charge in [-0.05, 0) is 30.9 Å². The molecule has 0 N–H and O–H groups in total. The summed E-state index contributed by atoms with van der Waals surface area (Å²) in [6.45, 7) is 2.59. The summed E-state index contributed by atoms with van der Waals surface area (Å²) in [4.78, 5) is 18.1. The molecule has 1 aliphatic heterocycles. The summed E-state index contributed by atoms with van der Waals surface area (Å²) in [6, 6.07) is 5.40. The summed E-state index contributed by atoms with van der Waals surface area (Å²) in [5.41, 5.74) is 0.518. The molecule has 0 saturated carbocycles. The van der Waals surface area contributed by atoms with Crippen molar-refractivity contribution in [1.29, 1.82) is 0 Å². The number of carbonyl (C=O) groups excluding carboxylic acids is 1. The predicted octanol–water partition coefficient (Wildman–Crippen LogP) is 1.58. The van der Waals surface area contributed by atoms with E-state index in [0.29, 0.717) is 24.8 Å². The topological polar surface area (TPSA) is 42.4 Å². The molecule has 1 aromatic rings. The zero-order chi connectivity index (χ0) is 13.5. The molecule has 1 amide bonds. The molecule has 1 aliphatic rings.